The van der Waals surface area contributed by atoms with E-state index in [0.717, 1.165) is 18.8 Å². The fourth-order valence-corrected chi connectivity index (χ4v) is 1.27. The largest absolute Gasteiger partial charge is 0.412 e. The number of benzene rings is 1. The summed E-state index contributed by atoms with van der Waals surface area (Å²) in [6, 6.07) is 7.99. The van der Waals surface area contributed by atoms with Crippen LogP contribution in [0.2, 0.25) is 0 Å². The minimum Gasteiger partial charge on any atom is -0.412 e. The molecule has 0 aliphatic carbocycles. The zero-order chi connectivity index (χ0) is 13.5. The number of anilines is 2. The molecular weight excluding hydrogens is 260 g/mol. The smallest absolute Gasteiger partial charge is 0.394 e. The Morgan fingerprint density at radius 1 is 1.11 bits per heavy atom. The van der Waals surface area contributed by atoms with Crippen LogP contribution in [-0.2, 0) is 10.4 Å². The maximum Gasteiger partial charge on any atom is 0.394 e. The maximum absolute atomic E-state index is 8.74. The topological polar surface area (TPSA) is 135 Å². The molecule has 0 spiro atoms. The van der Waals surface area contributed by atoms with Gasteiger partial charge < -0.3 is 16.1 Å². The molecule has 0 saturated heterocycles. The van der Waals surface area contributed by atoms with Crippen molar-refractivity contribution >= 4 is 21.8 Å². The lowest BCUT2D eigenvalue weighted by atomic mass is 10.2. The van der Waals surface area contributed by atoms with Gasteiger partial charge in [-0.05, 0) is 38.1 Å². The lowest BCUT2D eigenvalue weighted by molar-refractivity contribution is 0.381. The Kier molecular flexibility index (Phi) is 9.18. The first-order valence-electron chi connectivity index (χ1n) is 5.08. The van der Waals surface area contributed by atoms with Gasteiger partial charge in [-0.3, -0.25) is 9.11 Å². The predicted molar refractivity (Wildman–Crippen MR) is 72.2 cm³/mol. The van der Waals surface area contributed by atoms with E-state index in [1.54, 1.807) is 0 Å². The highest BCUT2D eigenvalue weighted by atomic mass is 32.3. The Hall–Kier alpha value is -1.35. The molecule has 0 radical (unpaired) electrons. The van der Waals surface area contributed by atoms with E-state index >= 15 is 0 Å². The van der Waals surface area contributed by atoms with E-state index < -0.39 is 10.4 Å². The summed E-state index contributed by atoms with van der Waals surface area (Å²) < 4.78 is 31.6. The number of nitrogens with two attached hydrogens (primary N) is 1. The molecule has 8 heteroatoms. The van der Waals surface area contributed by atoms with Gasteiger partial charge in [0.05, 0.1) is 0 Å². The first-order chi connectivity index (χ1) is 7.77. The third-order valence-corrected chi connectivity index (χ3v) is 2.02. The van der Waals surface area contributed by atoms with Crippen molar-refractivity contribution in [1.82, 2.24) is 0 Å². The van der Waals surface area contributed by atoms with Crippen LogP contribution in [0.15, 0.2) is 24.3 Å². The highest BCUT2D eigenvalue weighted by molar-refractivity contribution is 7.79. The summed E-state index contributed by atoms with van der Waals surface area (Å²) in [5.74, 6) is 0. The number of rotatable bonds is 3. The van der Waals surface area contributed by atoms with Crippen LogP contribution < -0.4 is 10.6 Å². The van der Waals surface area contributed by atoms with Crippen molar-refractivity contribution in [2.24, 2.45) is 0 Å². The first kappa shape index (κ1) is 19.0. The second-order valence-corrected chi connectivity index (χ2v) is 4.11. The van der Waals surface area contributed by atoms with Gasteiger partial charge >= 0.3 is 10.4 Å². The van der Waals surface area contributed by atoms with Crippen LogP contribution in [0.3, 0.4) is 0 Å². The minimum atomic E-state index is -4.67. The van der Waals surface area contributed by atoms with Crippen LogP contribution >= 0.6 is 0 Å². The Morgan fingerprint density at radius 3 is 1.72 bits per heavy atom. The molecule has 18 heavy (non-hydrogen) atoms. The monoisotopic (exact) mass is 280 g/mol. The third kappa shape index (κ3) is 9.85. The molecule has 0 aliphatic rings. The molecule has 0 aliphatic heterocycles. The number of nitrogens with zero attached hydrogens (tertiary/aromatic N) is 1. The first-order valence-corrected chi connectivity index (χ1v) is 6.48. The molecule has 0 bridgehead atoms. The summed E-state index contributed by atoms with van der Waals surface area (Å²) >= 11 is 0. The molecule has 7 nitrogen and oxygen atoms in total. The van der Waals surface area contributed by atoms with Gasteiger partial charge in [0.2, 0.25) is 0 Å². The Balaban J connectivity index is 0. The van der Waals surface area contributed by atoms with Crippen molar-refractivity contribution in [3.8, 4) is 0 Å². The molecule has 1 rings (SSSR count). The summed E-state index contributed by atoms with van der Waals surface area (Å²) in [4.78, 5) is 2.29. The molecule has 106 valence electrons. The van der Waals surface area contributed by atoms with E-state index in [2.05, 4.69) is 30.9 Å². The number of nitrogen functional groups attached to an aromatic ring is 1. The molecule has 0 aromatic heterocycles. The molecule has 0 fully saturated rings. The highest BCUT2D eigenvalue weighted by Crippen LogP contribution is 2.15. The third-order valence-electron chi connectivity index (χ3n) is 2.02. The molecule has 1 aromatic rings. The van der Waals surface area contributed by atoms with Gasteiger partial charge in [0.1, 0.15) is 0 Å². The van der Waals surface area contributed by atoms with E-state index in [1.807, 2.05) is 12.1 Å². The number of hydrogen-bond acceptors (Lipinski definition) is 4. The van der Waals surface area contributed by atoms with Gasteiger partial charge in [-0.25, -0.2) is 0 Å². The average molecular weight is 280 g/mol. The fourth-order valence-electron chi connectivity index (χ4n) is 1.27. The van der Waals surface area contributed by atoms with Gasteiger partial charge in [-0.1, -0.05) is 0 Å². The van der Waals surface area contributed by atoms with Gasteiger partial charge in [0.15, 0.2) is 0 Å². The van der Waals surface area contributed by atoms with Crippen molar-refractivity contribution in [1.29, 1.82) is 0 Å². The maximum atomic E-state index is 8.74. The summed E-state index contributed by atoms with van der Waals surface area (Å²) in [5.41, 5.74) is 7.66. The van der Waals surface area contributed by atoms with Crippen LogP contribution in [0.25, 0.3) is 0 Å². The van der Waals surface area contributed by atoms with E-state index in [4.69, 9.17) is 23.3 Å². The molecule has 0 atom stereocenters. The van der Waals surface area contributed by atoms with E-state index in [1.165, 1.54) is 5.69 Å². The average Bonchev–Trinajstić information content (AvgIpc) is 2.20. The lowest BCUT2D eigenvalue weighted by Gasteiger charge is -2.20. The fraction of sp³-hybridized carbons (Fsp3) is 0.400. The van der Waals surface area contributed by atoms with Crippen LogP contribution in [0, 0.1) is 0 Å². The zero-order valence-corrected chi connectivity index (χ0v) is 11.2. The van der Waals surface area contributed by atoms with Crippen molar-refractivity contribution in [3.05, 3.63) is 24.3 Å². The van der Waals surface area contributed by atoms with Crippen LogP contribution in [0.1, 0.15) is 13.8 Å². The predicted octanol–water partition coefficient (Wildman–Crippen LogP) is 0.638. The molecular formula is C10H20N2O5S. The second kappa shape index (κ2) is 8.70. The van der Waals surface area contributed by atoms with Gasteiger partial charge in [0, 0.05) is 24.5 Å². The zero-order valence-electron chi connectivity index (χ0n) is 10.4. The van der Waals surface area contributed by atoms with Crippen LogP contribution in [0.4, 0.5) is 11.4 Å². The van der Waals surface area contributed by atoms with Crippen molar-refractivity contribution in [2.75, 3.05) is 23.7 Å². The highest BCUT2D eigenvalue weighted by Gasteiger charge is 1.99. The molecule has 0 saturated carbocycles. The van der Waals surface area contributed by atoms with Gasteiger partial charge in [-0.2, -0.15) is 8.42 Å². The quantitative estimate of drug-likeness (QED) is 0.549. The van der Waals surface area contributed by atoms with Crippen molar-refractivity contribution in [2.45, 2.75) is 13.8 Å². The van der Waals surface area contributed by atoms with Crippen LogP contribution in [-0.4, -0.2) is 36.1 Å². The van der Waals surface area contributed by atoms with Crippen molar-refractivity contribution in [3.63, 3.8) is 0 Å². The molecule has 6 N–H and O–H groups in total. The van der Waals surface area contributed by atoms with Crippen LogP contribution in [0.5, 0.6) is 0 Å². The molecule has 0 amide bonds. The summed E-state index contributed by atoms with van der Waals surface area (Å²) in [6.07, 6.45) is 0. The van der Waals surface area contributed by atoms with Crippen molar-refractivity contribution < 1.29 is 23.0 Å². The normalized spacial score (nSPS) is 9.78. The summed E-state index contributed by atoms with van der Waals surface area (Å²) in [6.45, 7) is 6.39. The summed E-state index contributed by atoms with van der Waals surface area (Å²) in [5, 5.41) is 0. The SMILES string of the molecule is CCN(CC)c1ccc(N)cc1.O.O=S(=O)(O)O. The Bertz CT molecular complexity index is 406. The standard InChI is InChI=1S/C10H16N2.H2O4S.H2O/c1-3-12(4-2)10-7-5-9(11)6-8-10;1-5(2,3)4;/h5-8H,3-4,11H2,1-2H3;(H2,1,2,3,4);1H2. The molecule has 0 heterocycles. The Labute approximate surface area is 107 Å². The minimum absolute atomic E-state index is 0. The molecule has 1 aromatic carbocycles. The van der Waals surface area contributed by atoms with Gasteiger partial charge in [-0.15, -0.1) is 0 Å². The Morgan fingerprint density at radius 2 is 1.44 bits per heavy atom. The summed E-state index contributed by atoms with van der Waals surface area (Å²) in [7, 11) is -4.67. The van der Waals surface area contributed by atoms with Gasteiger partial charge in [0.25, 0.3) is 0 Å². The second-order valence-electron chi connectivity index (χ2n) is 3.21. The van der Waals surface area contributed by atoms with E-state index in [9.17, 15) is 0 Å². The molecule has 0 unspecified atom stereocenters. The van der Waals surface area contributed by atoms with E-state index in [0.29, 0.717) is 0 Å². The number of hydrogen-bond donors (Lipinski definition) is 3. The lowest BCUT2D eigenvalue weighted by Crippen LogP contribution is -2.21. The van der Waals surface area contributed by atoms with E-state index in [-0.39, 0.29) is 5.48 Å².